The van der Waals surface area contributed by atoms with Crippen LogP contribution in [0.1, 0.15) is 30.9 Å². The van der Waals surface area contributed by atoms with Crippen molar-refractivity contribution < 1.29 is 0 Å². The molecular formula is C10H12BrN3. The van der Waals surface area contributed by atoms with Crippen molar-refractivity contribution in [2.75, 3.05) is 0 Å². The Morgan fingerprint density at radius 1 is 1.43 bits per heavy atom. The summed E-state index contributed by atoms with van der Waals surface area (Å²) in [5.74, 6) is 0.484. The summed E-state index contributed by atoms with van der Waals surface area (Å²) in [7, 11) is 0. The van der Waals surface area contributed by atoms with E-state index in [0.29, 0.717) is 5.92 Å². The lowest BCUT2D eigenvalue weighted by molar-refractivity contribution is 0.809. The Kier molecular flexibility index (Phi) is 2.31. The van der Waals surface area contributed by atoms with Crippen LogP contribution in [0.15, 0.2) is 17.0 Å². The average molecular weight is 254 g/mol. The van der Waals surface area contributed by atoms with E-state index < -0.39 is 0 Å². The van der Waals surface area contributed by atoms with E-state index in [4.69, 9.17) is 0 Å². The highest BCUT2D eigenvalue weighted by molar-refractivity contribution is 9.10. The zero-order valence-corrected chi connectivity index (χ0v) is 10.0. The van der Waals surface area contributed by atoms with Gasteiger partial charge in [0.2, 0.25) is 0 Å². The first kappa shape index (κ1) is 9.65. The molecule has 0 saturated carbocycles. The predicted octanol–water partition coefficient (Wildman–Crippen LogP) is 2.92. The Bertz CT molecular complexity index is 473. The lowest BCUT2D eigenvalue weighted by atomic mass is 10.0. The second-order valence-corrected chi connectivity index (χ2v) is 4.47. The number of hydrogen-bond donors (Lipinski definition) is 0. The number of hydrogen-bond acceptors (Lipinski definition) is 2. The second kappa shape index (κ2) is 3.35. The van der Waals surface area contributed by atoms with Gasteiger partial charge in [0.1, 0.15) is 10.9 Å². The molecule has 0 saturated heterocycles. The van der Waals surface area contributed by atoms with E-state index in [0.717, 1.165) is 10.3 Å². The van der Waals surface area contributed by atoms with Crippen molar-refractivity contribution >= 4 is 21.6 Å². The van der Waals surface area contributed by atoms with Crippen molar-refractivity contribution in [1.82, 2.24) is 14.6 Å². The quantitative estimate of drug-likeness (QED) is 0.732. The SMILES string of the molecule is Cc1cc2ncnn2c(Br)c1C(C)C. The number of aromatic nitrogens is 3. The van der Waals surface area contributed by atoms with E-state index in [9.17, 15) is 0 Å². The summed E-state index contributed by atoms with van der Waals surface area (Å²) >= 11 is 3.57. The lowest BCUT2D eigenvalue weighted by Gasteiger charge is -2.12. The van der Waals surface area contributed by atoms with Crippen LogP contribution in [0, 0.1) is 6.92 Å². The van der Waals surface area contributed by atoms with Crippen LogP contribution in [-0.4, -0.2) is 14.6 Å². The summed E-state index contributed by atoms with van der Waals surface area (Å²) in [4.78, 5) is 4.16. The summed E-state index contributed by atoms with van der Waals surface area (Å²) < 4.78 is 2.84. The van der Waals surface area contributed by atoms with Gasteiger partial charge >= 0.3 is 0 Å². The van der Waals surface area contributed by atoms with Crippen LogP contribution in [0.25, 0.3) is 5.65 Å². The third-order valence-corrected chi connectivity index (χ3v) is 3.09. The number of fused-ring (bicyclic) bond motifs is 1. The molecule has 0 unspecified atom stereocenters. The van der Waals surface area contributed by atoms with Crippen molar-refractivity contribution in [2.24, 2.45) is 0 Å². The van der Waals surface area contributed by atoms with Crippen LogP contribution < -0.4 is 0 Å². The normalized spacial score (nSPS) is 11.5. The highest BCUT2D eigenvalue weighted by Gasteiger charge is 2.12. The van der Waals surface area contributed by atoms with Crippen LogP contribution in [-0.2, 0) is 0 Å². The van der Waals surface area contributed by atoms with Gasteiger partial charge in [0.25, 0.3) is 0 Å². The number of rotatable bonds is 1. The fraction of sp³-hybridized carbons (Fsp3) is 0.400. The van der Waals surface area contributed by atoms with Crippen LogP contribution in [0.5, 0.6) is 0 Å². The molecule has 0 fully saturated rings. The smallest absolute Gasteiger partial charge is 0.156 e. The fourth-order valence-corrected chi connectivity index (χ4v) is 2.79. The molecule has 0 aromatic carbocycles. The maximum absolute atomic E-state index is 4.16. The first-order valence-corrected chi connectivity index (χ1v) is 5.39. The molecule has 0 aliphatic rings. The number of aryl methyl sites for hydroxylation is 1. The van der Waals surface area contributed by atoms with Gasteiger partial charge in [0.15, 0.2) is 5.65 Å². The standard InChI is InChI=1S/C10H12BrN3/c1-6(2)9-7(3)4-8-12-5-13-14(8)10(9)11/h4-6H,1-3H3. The molecule has 0 amide bonds. The predicted molar refractivity (Wildman–Crippen MR) is 59.5 cm³/mol. The first-order valence-electron chi connectivity index (χ1n) is 4.60. The molecule has 0 spiro atoms. The minimum absolute atomic E-state index is 0.484. The molecule has 74 valence electrons. The molecule has 0 atom stereocenters. The van der Waals surface area contributed by atoms with Crippen molar-refractivity contribution in [1.29, 1.82) is 0 Å². The molecule has 2 aromatic heterocycles. The number of nitrogens with zero attached hydrogens (tertiary/aromatic N) is 3. The van der Waals surface area contributed by atoms with E-state index in [-0.39, 0.29) is 0 Å². The molecule has 0 N–H and O–H groups in total. The molecular weight excluding hydrogens is 242 g/mol. The molecule has 2 heterocycles. The Morgan fingerprint density at radius 3 is 2.79 bits per heavy atom. The van der Waals surface area contributed by atoms with Gasteiger partial charge in [-0.25, -0.2) is 9.50 Å². The number of pyridine rings is 1. The van der Waals surface area contributed by atoms with Crippen LogP contribution in [0.4, 0.5) is 0 Å². The number of halogens is 1. The Hall–Kier alpha value is -0.900. The highest BCUT2D eigenvalue weighted by atomic mass is 79.9. The highest BCUT2D eigenvalue weighted by Crippen LogP contribution is 2.28. The Balaban J connectivity index is 2.82. The maximum Gasteiger partial charge on any atom is 0.156 e. The van der Waals surface area contributed by atoms with E-state index in [1.54, 1.807) is 6.33 Å². The minimum Gasteiger partial charge on any atom is -0.215 e. The van der Waals surface area contributed by atoms with E-state index in [2.05, 4.69) is 52.9 Å². The molecule has 0 aliphatic carbocycles. The largest absolute Gasteiger partial charge is 0.215 e. The summed E-state index contributed by atoms with van der Waals surface area (Å²) in [6.45, 7) is 6.46. The van der Waals surface area contributed by atoms with Crippen molar-refractivity contribution in [3.8, 4) is 0 Å². The monoisotopic (exact) mass is 253 g/mol. The van der Waals surface area contributed by atoms with Crippen LogP contribution >= 0.6 is 15.9 Å². The second-order valence-electron chi connectivity index (χ2n) is 3.72. The topological polar surface area (TPSA) is 30.2 Å². The van der Waals surface area contributed by atoms with Gasteiger partial charge < -0.3 is 0 Å². The molecule has 14 heavy (non-hydrogen) atoms. The van der Waals surface area contributed by atoms with Crippen LogP contribution in [0.3, 0.4) is 0 Å². The molecule has 3 nitrogen and oxygen atoms in total. The Morgan fingerprint density at radius 2 is 2.14 bits per heavy atom. The van der Waals surface area contributed by atoms with Crippen molar-refractivity contribution in [2.45, 2.75) is 26.7 Å². The molecule has 4 heteroatoms. The molecule has 0 aliphatic heterocycles. The van der Waals surface area contributed by atoms with Gasteiger partial charge in [-0.3, -0.25) is 0 Å². The van der Waals surface area contributed by atoms with Crippen molar-refractivity contribution in [3.05, 3.63) is 28.1 Å². The molecule has 0 bridgehead atoms. The zero-order chi connectivity index (χ0) is 10.3. The molecule has 2 rings (SSSR count). The van der Waals surface area contributed by atoms with Gasteiger partial charge in [-0.05, 0) is 46.0 Å². The third kappa shape index (κ3) is 1.34. The van der Waals surface area contributed by atoms with E-state index in [1.165, 1.54) is 11.1 Å². The van der Waals surface area contributed by atoms with E-state index >= 15 is 0 Å². The van der Waals surface area contributed by atoms with Gasteiger partial charge in [0, 0.05) is 0 Å². The lowest BCUT2D eigenvalue weighted by Crippen LogP contribution is -2.01. The summed E-state index contributed by atoms with van der Waals surface area (Å²) in [6, 6.07) is 2.06. The van der Waals surface area contributed by atoms with Gasteiger partial charge in [-0.15, -0.1) is 0 Å². The van der Waals surface area contributed by atoms with Gasteiger partial charge in [-0.1, -0.05) is 13.8 Å². The summed E-state index contributed by atoms with van der Waals surface area (Å²) in [5.41, 5.74) is 3.44. The summed E-state index contributed by atoms with van der Waals surface area (Å²) in [5, 5.41) is 4.16. The molecule has 2 aromatic rings. The van der Waals surface area contributed by atoms with Crippen LogP contribution in [0.2, 0.25) is 0 Å². The zero-order valence-electron chi connectivity index (χ0n) is 8.45. The minimum atomic E-state index is 0.484. The van der Waals surface area contributed by atoms with E-state index in [1.807, 2.05) is 4.52 Å². The summed E-state index contributed by atoms with van der Waals surface area (Å²) in [6.07, 6.45) is 1.57. The third-order valence-electron chi connectivity index (χ3n) is 2.33. The average Bonchev–Trinajstić information content (AvgIpc) is 2.50. The molecule has 0 radical (unpaired) electrons. The maximum atomic E-state index is 4.16. The van der Waals surface area contributed by atoms with Crippen molar-refractivity contribution in [3.63, 3.8) is 0 Å². The fourth-order valence-electron chi connectivity index (χ4n) is 1.74. The van der Waals surface area contributed by atoms with Gasteiger partial charge in [0.05, 0.1) is 0 Å². The Labute approximate surface area is 91.3 Å². The van der Waals surface area contributed by atoms with Gasteiger partial charge in [-0.2, -0.15) is 5.10 Å². The first-order chi connectivity index (χ1) is 6.61.